The molecule has 3 rings (SSSR count). The number of benzene rings is 2. The Morgan fingerprint density at radius 2 is 1.73 bits per heavy atom. The van der Waals surface area contributed by atoms with Crippen LogP contribution in [0.25, 0.3) is 0 Å². The second-order valence-electron chi connectivity index (χ2n) is 10.7. The number of fused-ring (bicyclic) bond motifs is 1. The largest absolute Gasteiger partial charge is 0.486 e. The second kappa shape index (κ2) is 13.3. The Morgan fingerprint density at radius 3 is 2.33 bits per heavy atom. The van der Waals surface area contributed by atoms with Crippen molar-refractivity contribution in [2.45, 2.75) is 65.1 Å². The van der Waals surface area contributed by atoms with Crippen LogP contribution in [0.15, 0.2) is 36.4 Å². The smallest absolute Gasteiger partial charge is 0.243 e. The number of anilines is 1. The summed E-state index contributed by atoms with van der Waals surface area (Å²) in [5.41, 5.74) is 0.576. The van der Waals surface area contributed by atoms with Crippen molar-refractivity contribution in [2.24, 2.45) is 0 Å². The van der Waals surface area contributed by atoms with Gasteiger partial charge in [0.1, 0.15) is 19.3 Å². The molecule has 0 aromatic heterocycles. The molecule has 0 unspecified atom stereocenters. The predicted octanol–water partition coefficient (Wildman–Crippen LogP) is 5.03. The van der Waals surface area contributed by atoms with Gasteiger partial charge in [-0.15, -0.1) is 0 Å². The summed E-state index contributed by atoms with van der Waals surface area (Å²) in [6.45, 7) is 8.41. The van der Waals surface area contributed by atoms with Crippen molar-refractivity contribution in [1.82, 2.24) is 10.2 Å². The third kappa shape index (κ3) is 8.65. The Bertz CT molecular complexity index is 1330. The van der Waals surface area contributed by atoms with Gasteiger partial charge in [-0.05, 0) is 63.4 Å². The first-order valence-electron chi connectivity index (χ1n) is 13.1. The first-order chi connectivity index (χ1) is 18.7. The lowest BCUT2D eigenvalue weighted by atomic mass is 10.0. The molecule has 1 aliphatic heterocycles. The van der Waals surface area contributed by atoms with E-state index in [9.17, 15) is 18.0 Å². The van der Waals surface area contributed by atoms with Crippen molar-refractivity contribution < 1.29 is 27.5 Å². The topological polar surface area (TPSA) is 105 Å². The van der Waals surface area contributed by atoms with Crippen LogP contribution >= 0.6 is 23.2 Å². The number of nitrogens with zero attached hydrogens (tertiary/aromatic N) is 2. The van der Waals surface area contributed by atoms with E-state index in [0.29, 0.717) is 52.4 Å². The number of carbonyl (C=O) groups is 2. The number of sulfonamides is 1. The molecule has 0 bridgehead atoms. The molecule has 0 aliphatic carbocycles. The van der Waals surface area contributed by atoms with Crippen LogP contribution in [0.3, 0.4) is 0 Å². The molecular weight excluding hydrogens is 577 g/mol. The molecule has 2 aromatic rings. The fourth-order valence-electron chi connectivity index (χ4n) is 4.40. The molecule has 0 spiro atoms. The summed E-state index contributed by atoms with van der Waals surface area (Å²) in [6, 6.07) is 9.19. The third-order valence-corrected chi connectivity index (χ3v) is 7.99. The summed E-state index contributed by atoms with van der Waals surface area (Å²) in [4.78, 5) is 28.3. The molecule has 1 N–H and O–H groups in total. The lowest BCUT2D eigenvalue weighted by Crippen LogP contribution is -2.53. The number of hydrogen-bond acceptors (Lipinski definition) is 6. The van der Waals surface area contributed by atoms with E-state index < -0.39 is 21.6 Å². The van der Waals surface area contributed by atoms with Gasteiger partial charge in [0.15, 0.2) is 11.5 Å². The van der Waals surface area contributed by atoms with E-state index in [1.165, 1.54) is 9.21 Å². The lowest BCUT2D eigenvalue weighted by Gasteiger charge is -2.33. The van der Waals surface area contributed by atoms with Gasteiger partial charge in [0, 0.05) is 41.2 Å². The summed E-state index contributed by atoms with van der Waals surface area (Å²) in [6.07, 6.45) is 1.74. The van der Waals surface area contributed by atoms with E-state index >= 15 is 0 Å². The number of nitrogens with one attached hydrogen (secondary N) is 1. The Labute approximate surface area is 246 Å². The van der Waals surface area contributed by atoms with Gasteiger partial charge < -0.3 is 19.7 Å². The molecule has 1 atom stereocenters. The predicted molar refractivity (Wildman–Crippen MR) is 158 cm³/mol. The van der Waals surface area contributed by atoms with Gasteiger partial charge in [0.25, 0.3) is 0 Å². The summed E-state index contributed by atoms with van der Waals surface area (Å²) in [5, 5.41) is 3.81. The maximum atomic E-state index is 13.6. The van der Waals surface area contributed by atoms with Crippen LogP contribution in [0.5, 0.6) is 11.5 Å². The highest BCUT2D eigenvalue weighted by molar-refractivity contribution is 7.92. The lowest BCUT2D eigenvalue weighted by molar-refractivity contribution is -0.142. The van der Waals surface area contributed by atoms with Gasteiger partial charge >= 0.3 is 0 Å². The van der Waals surface area contributed by atoms with E-state index in [1.54, 1.807) is 36.4 Å². The van der Waals surface area contributed by atoms with Crippen LogP contribution in [0.2, 0.25) is 10.0 Å². The third-order valence-electron chi connectivity index (χ3n) is 6.21. The standard InChI is InChI=1S/C28H37Cl2N3O6S/c1-6-23(27(35)31-28(2,3)4)32(18-19-9-10-20(29)16-22(19)30)26(34)8-7-13-33(40(5,36)37)21-11-12-24-25(17-21)39-15-14-38-24/h9-12,16-17,23H,6-8,13-15,18H2,1-5H3,(H,31,35)/t23-/m1/s1. The SMILES string of the molecule is CC[C@H](C(=O)NC(C)(C)C)N(Cc1ccc(Cl)cc1Cl)C(=O)CCCN(c1ccc2c(c1)OCCO2)S(C)(=O)=O. The second-order valence-corrected chi connectivity index (χ2v) is 13.4. The Hall–Kier alpha value is -2.69. The minimum Gasteiger partial charge on any atom is -0.486 e. The number of rotatable bonds is 11. The van der Waals surface area contributed by atoms with Crippen LogP contribution < -0.4 is 19.1 Å². The molecule has 1 heterocycles. The molecule has 1 aliphatic rings. The van der Waals surface area contributed by atoms with Crippen molar-refractivity contribution in [1.29, 1.82) is 0 Å². The van der Waals surface area contributed by atoms with E-state index in [1.807, 2.05) is 27.7 Å². The molecule has 0 saturated heterocycles. The van der Waals surface area contributed by atoms with Crippen molar-refractivity contribution in [3.8, 4) is 11.5 Å². The van der Waals surface area contributed by atoms with Gasteiger partial charge in [0.05, 0.1) is 11.9 Å². The van der Waals surface area contributed by atoms with Crippen molar-refractivity contribution in [2.75, 3.05) is 30.3 Å². The quantitative estimate of drug-likeness (QED) is 0.381. The average Bonchev–Trinajstić information content (AvgIpc) is 2.85. The first kappa shape index (κ1) is 31.8. The molecule has 220 valence electrons. The number of amides is 2. The van der Waals surface area contributed by atoms with E-state index in [4.69, 9.17) is 32.7 Å². The molecule has 40 heavy (non-hydrogen) atoms. The van der Waals surface area contributed by atoms with Gasteiger partial charge in [-0.3, -0.25) is 13.9 Å². The van der Waals surface area contributed by atoms with Gasteiger partial charge in [0.2, 0.25) is 21.8 Å². The first-order valence-corrected chi connectivity index (χ1v) is 15.7. The average molecular weight is 615 g/mol. The summed E-state index contributed by atoms with van der Waals surface area (Å²) in [5.74, 6) is 0.449. The number of halogens is 2. The van der Waals surface area contributed by atoms with Crippen molar-refractivity contribution >= 4 is 50.7 Å². The molecular formula is C28H37Cl2N3O6S. The molecule has 0 radical (unpaired) electrons. The Morgan fingerprint density at radius 1 is 1.05 bits per heavy atom. The highest BCUT2D eigenvalue weighted by atomic mass is 35.5. The van der Waals surface area contributed by atoms with E-state index in [2.05, 4.69) is 5.32 Å². The zero-order chi connectivity index (χ0) is 29.7. The Balaban J connectivity index is 1.81. The van der Waals surface area contributed by atoms with Crippen LogP contribution in [0.1, 0.15) is 52.5 Å². The fourth-order valence-corrected chi connectivity index (χ4v) is 5.82. The normalized spacial score (nSPS) is 13.9. The van der Waals surface area contributed by atoms with Crippen molar-refractivity contribution in [3.05, 3.63) is 52.0 Å². The summed E-state index contributed by atoms with van der Waals surface area (Å²) < 4.78 is 37.7. The van der Waals surface area contributed by atoms with Crippen LogP contribution in [0, 0.1) is 0 Å². The van der Waals surface area contributed by atoms with E-state index in [0.717, 1.165) is 6.26 Å². The minimum absolute atomic E-state index is 0.0150. The highest BCUT2D eigenvalue weighted by Gasteiger charge is 2.31. The molecule has 0 saturated carbocycles. The number of ether oxygens (including phenoxy) is 2. The van der Waals surface area contributed by atoms with Gasteiger partial charge in [-0.1, -0.05) is 36.2 Å². The fraction of sp³-hybridized carbons (Fsp3) is 0.500. The van der Waals surface area contributed by atoms with Crippen LogP contribution in [-0.4, -0.2) is 62.7 Å². The zero-order valence-electron chi connectivity index (χ0n) is 23.5. The summed E-state index contributed by atoms with van der Waals surface area (Å²) in [7, 11) is -3.66. The highest BCUT2D eigenvalue weighted by Crippen LogP contribution is 2.35. The zero-order valence-corrected chi connectivity index (χ0v) is 25.8. The van der Waals surface area contributed by atoms with E-state index in [-0.39, 0.29) is 37.7 Å². The maximum Gasteiger partial charge on any atom is 0.243 e. The molecule has 12 heteroatoms. The molecule has 0 fully saturated rings. The maximum absolute atomic E-state index is 13.6. The number of hydrogen-bond donors (Lipinski definition) is 1. The summed E-state index contributed by atoms with van der Waals surface area (Å²) >= 11 is 12.5. The monoisotopic (exact) mass is 613 g/mol. The Kier molecular flexibility index (Phi) is 10.6. The van der Waals surface area contributed by atoms with Crippen molar-refractivity contribution in [3.63, 3.8) is 0 Å². The number of carbonyl (C=O) groups excluding carboxylic acids is 2. The molecule has 2 amide bonds. The minimum atomic E-state index is -3.66. The van der Waals surface area contributed by atoms with Crippen LogP contribution in [0.4, 0.5) is 5.69 Å². The van der Waals surface area contributed by atoms with Crippen LogP contribution in [-0.2, 0) is 26.2 Å². The molecule has 9 nitrogen and oxygen atoms in total. The molecule has 2 aromatic carbocycles. The van der Waals surface area contributed by atoms with Gasteiger partial charge in [-0.2, -0.15) is 0 Å². The van der Waals surface area contributed by atoms with Gasteiger partial charge in [-0.25, -0.2) is 8.42 Å².